The number of methoxy groups -OCH3 is 1. The number of esters is 1. The van der Waals surface area contributed by atoms with E-state index in [1.165, 1.54) is 7.11 Å². The summed E-state index contributed by atoms with van der Waals surface area (Å²) in [6.45, 7) is 2.06. The van der Waals surface area contributed by atoms with E-state index in [-0.39, 0.29) is 18.8 Å². The van der Waals surface area contributed by atoms with E-state index >= 15 is 0 Å². The highest BCUT2D eigenvalue weighted by molar-refractivity contribution is 6.30. The number of aliphatic hydroxyl groups excluding tert-OH is 1. The van der Waals surface area contributed by atoms with E-state index in [9.17, 15) is 19.8 Å². The molecule has 4 atom stereocenters. The molecule has 0 radical (unpaired) electrons. The van der Waals surface area contributed by atoms with Crippen LogP contribution in [0.15, 0.2) is 103 Å². The quantitative estimate of drug-likeness (QED) is 0.134. The van der Waals surface area contributed by atoms with Crippen LogP contribution in [-0.4, -0.2) is 66.0 Å². The third kappa shape index (κ3) is 9.53. The number of amides is 2. The summed E-state index contributed by atoms with van der Waals surface area (Å²) >= 11 is 6.08. The summed E-state index contributed by atoms with van der Waals surface area (Å²) in [5, 5.41) is 27.1. The first-order chi connectivity index (χ1) is 24.7. The van der Waals surface area contributed by atoms with Crippen LogP contribution < -0.4 is 10.6 Å². The molecule has 11 heteroatoms. The van der Waals surface area contributed by atoms with Gasteiger partial charge >= 0.3 is 12.0 Å². The maximum atomic E-state index is 12.9. The number of benzene rings is 4. The average molecular weight is 714 g/mol. The summed E-state index contributed by atoms with van der Waals surface area (Å²) in [5.41, 5.74) is 4.01. The van der Waals surface area contributed by atoms with E-state index in [0.717, 1.165) is 27.8 Å². The SMILES string of the molecule is COC(=O)C(Cc1ccccc1)NC(=O)Nc1ccc(C2OC(CN3CCC(O)(c4ccc(Cl)cc4)CC3)CC(c3ccc(CO)cc3)O2)cc1. The molecule has 0 bridgehead atoms. The Kier molecular flexibility index (Phi) is 12.0. The van der Waals surface area contributed by atoms with E-state index < -0.39 is 29.9 Å². The van der Waals surface area contributed by atoms with Gasteiger partial charge in [-0.2, -0.15) is 0 Å². The van der Waals surface area contributed by atoms with E-state index in [1.807, 2.05) is 91.0 Å². The maximum absolute atomic E-state index is 12.9. The number of halogens is 1. The zero-order valence-corrected chi connectivity index (χ0v) is 29.3. The maximum Gasteiger partial charge on any atom is 0.328 e. The lowest BCUT2D eigenvalue weighted by atomic mass is 9.84. The van der Waals surface area contributed by atoms with Crippen LogP contribution in [0.4, 0.5) is 10.5 Å². The standard InChI is InChI=1S/C40H44ClN3O7/c1-49-37(46)35(23-27-5-3-2-4-6-27)43-39(47)42-33-17-11-30(12-18-33)38-50-34(24-36(51-38)29-9-7-28(26-45)8-10-29)25-44-21-19-40(48,20-22-44)31-13-15-32(41)16-14-31/h2-18,34-36,38,45,48H,19-26H2,1H3,(H2,42,43,47). The van der Waals surface area contributed by atoms with Crippen LogP contribution in [0.2, 0.25) is 5.02 Å². The zero-order chi connectivity index (χ0) is 35.8. The number of urea groups is 1. The Labute approximate surface area is 303 Å². The van der Waals surface area contributed by atoms with Gasteiger partial charge in [0.15, 0.2) is 6.29 Å². The molecule has 4 unspecified atom stereocenters. The monoisotopic (exact) mass is 713 g/mol. The van der Waals surface area contributed by atoms with Crippen molar-refractivity contribution < 1.29 is 34.0 Å². The van der Waals surface area contributed by atoms with Crippen molar-refractivity contribution in [1.29, 1.82) is 0 Å². The van der Waals surface area contributed by atoms with Crippen LogP contribution in [0, 0.1) is 0 Å². The normalized spacial score (nSPS) is 21.0. The molecule has 0 aromatic heterocycles. The van der Waals surface area contributed by atoms with Gasteiger partial charge in [-0.1, -0.05) is 90.5 Å². The van der Waals surface area contributed by atoms with E-state index in [2.05, 4.69) is 15.5 Å². The highest BCUT2D eigenvalue weighted by Crippen LogP contribution is 2.39. The van der Waals surface area contributed by atoms with Crippen LogP contribution in [0.5, 0.6) is 0 Å². The molecule has 51 heavy (non-hydrogen) atoms. The van der Waals surface area contributed by atoms with Crippen molar-refractivity contribution in [2.75, 3.05) is 32.1 Å². The third-order valence-electron chi connectivity index (χ3n) is 9.66. The Morgan fingerprint density at radius 1 is 0.902 bits per heavy atom. The van der Waals surface area contributed by atoms with Crippen LogP contribution in [0.3, 0.4) is 0 Å². The van der Waals surface area contributed by atoms with Gasteiger partial charge < -0.3 is 40.0 Å². The topological polar surface area (TPSA) is 130 Å². The van der Waals surface area contributed by atoms with Gasteiger partial charge in [0.25, 0.3) is 0 Å². The smallest absolute Gasteiger partial charge is 0.328 e. The lowest BCUT2D eigenvalue weighted by Gasteiger charge is -2.42. The third-order valence-corrected chi connectivity index (χ3v) is 9.91. The summed E-state index contributed by atoms with van der Waals surface area (Å²) < 4.78 is 18.0. The van der Waals surface area contributed by atoms with Crippen molar-refractivity contribution in [3.8, 4) is 0 Å². The molecular weight excluding hydrogens is 670 g/mol. The second kappa shape index (κ2) is 16.8. The number of carbonyl (C=O) groups excluding carboxylic acids is 2. The Balaban J connectivity index is 1.11. The zero-order valence-electron chi connectivity index (χ0n) is 28.5. The predicted molar refractivity (Wildman–Crippen MR) is 194 cm³/mol. The number of hydrogen-bond acceptors (Lipinski definition) is 8. The molecule has 2 fully saturated rings. The minimum Gasteiger partial charge on any atom is -0.467 e. The molecule has 2 saturated heterocycles. The van der Waals surface area contributed by atoms with Crippen molar-refractivity contribution in [1.82, 2.24) is 10.2 Å². The fourth-order valence-electron chi connectivity index (χ4n) is 6.71. The first kappa shape index (κ1) is 36.5. The number of anilines is 1. The summed E-state index contributed by atoms with van der Waals surface area (Å²) in [6, 6.07) is 30.4. The van der Waals surface area contributed by atoms with E-state index in [0.29, 0.717) is 56.0 Å². The molecular formula is C40H44ClN3O7. The van der Waals surface area contributed by atoms with Gasteiger partial charge in [-0.05, 0) is 59.4 Å². The molecule has 2 amide bonds. The van der Waals surface area contributed by atoms with Crippen LogP contribution in [-0.2, 0) is 37.6 Å². The van der Waals surface area contributed by atoms with Crippen molar-refractivity contribution >= 4 is 29.3 Å². The van der Waals surface area contributed by atoms with Gasteiger partial charge in [-0.25, -0.2) is 9.59 Å². The molecule has 0 aliphatic carbocycles. The molecule has 0 spiro atoms. The minimum absolute atomic E-state index is 0.0354. The Morgan fingerprint density at radius 2 is 1.57 bits per heavy atom. The Morgan fingerprint density at radius 3 is 2.22 bits per heavy atom. The van der Waals surface area contributed by atoms with E-state index in [1.54, 1.807) is 12.1 Å². The van der Waals surface area contributed by atoms with Crippen molar-refractivity contribution in [2.24, 2.45) is 0 Å². The largest absolute Gasteiger partial charge is 0.467 e. The summed E-state index contributed by atoms with van der Waals surface area (Å²) in [6.07, 6.45) is 1.06. The number of nitrogens with one attached hydrogen (secondary N) is 2. The van der Waals surface area contributed by atoms with Gasteiger partial charge in [-0.3, -0.25) is 0 Å². The molecule has 2 heterocycles. The molecule has 2 aliphatic rings. The van der Waals surface area contributed by atoms with Crippen molar-refractivity contribution in [2.45, 2.75) is 62.4 Å². The molecule has 2 aliphatic heterocycles. The first-order valence-electron chi connectivity index (χ1n) is 17.2. The molecule has 4 aromatic rings. The molecule has 0 saturated carbocycles. The fraction of sp³-hybridized carbons (Fsp3) is 0.350. The molecule has 4 aromatic carbocycles. The molecule has 6 rings (SSSR count). The number of carbonyl (C=O) groups is 2. The van der Waals surface area contributed by atoms with Crippen LogP contribution in [0.1, 0.15) is 59.5 Å². The van der Waals surface area contributed by atoms with Crippen LogP contribution >= 0.6 is 11.6 Å². The predicted octanol–water partition coefficient (Wildman–Crippen LogP) is 6.27. The van der Waals surface area contributed by atoms with E-state index in [4.69, 9.17) is 25.8 Å². The van der Waals surface area contributed by atoms with Gasteiger partial charge in [0.05, 0.1) is 31.5 Å². The number of nitrogens with zero attached hydrogens (tertiary/aromatic N) is 1. The van der Waals surface area contributed by atoms with Gasteiger partial charge in [-0.15, -0.1) is 0 Å². The van der Waals surface area contributed by atoms with Crippen molar-refractivity contribution in [3.63, 3.8) is 0 Å². The number of rotatable bonds is 11. The first-order valence-corrected chi connectivity index (χ1v) is 17.6. The number of hydrogen-bond donors (Lipinski definition) is 4. The van der Waals surface area contributed by atoms with Crippen LogP contribution in [0.25, 0.3) is 0 Å². The molecule has 268 valence electrons. The number of likely N-dealkylation sites (tertiary alicyclic amines) is 1. The minimum atomic E-state index is -0.897. The summed E-state index contributed by atoms with van der Waals surface area (Å²) in [5.74, 6) is -0.534. The highest BCUT2D eigenvalue weighted by Gasteiger charge is 2.37. The lowest BCUT2D eigenvalue weighted by molar-refractivity contribution is -0.253. The highest BCUT2D eigenvalue weighted by atomic mass is 35.5. The average Bonchev–Trinajstić information content (AvgIpc) is 3.16. The second-order valence-electron chi connectivity index (χ2n) is 13.2. The van der Waals surface area contributed by atoms with Gasteiger partial charge in [0.1, 0.15) is 6.04 Å². The molecule has 10 nitrogen and oxygen atoms in total. The number of piperidine rings is 1. The van der Waals surface area contributed by atoms with Gasteiger partial charge in [0.2, 0.25) is 0 Å². The lowest BCUT2D eigenvalue weighted by Crippen LogP contribution is -2.46. The van der Waals surface area contributed by atoms with Crippen molar-refractivity contribution in [3.05, 3.63) is 136 Å². The van der Waals surface area contributed by atoms with Gasteiger partial charge in [0, 0.05) is 48.7 Å². The molecule has 4 N–H and O–H groups in total. The second-order valence-corrected chi connectivity index (χ2v) is 13.6. The summed E-state index contributed by atoms with van der Waals surface area (Å²) in [7, 11) is 1.29. The Bertz CT molecular complexity index is 1730. The Hall–Kier alpha value is -4.29. The summed E-state index contributed by atoms with van der Waals surface area (Å²) in [4.78, 5) is 27.7. The number of aliphatic hydroxyl groups is 2. The number of ether oxygens (including phenoxy) is 3. The fourth-order valence-corrected chi connectivity index (χ4v) is 6.84.